The van der Waals surface area contributed by atoms with E-state index in [9.17, 15) is 4.79 Å². The number of likely N-dealkylation sites (tertiary alicyclic amines) is 1. The van der Waals surface area contributed by atoms with Crippen LogP contribution in [0.3, 0.4) is 0 Å². The topological polar surface area (TPSA) is 61.4 Å². The molecule has 5 rings (SSSR count). The maximum Gasteiger partial charge on any atom is 0.246 e. The van der Waals surface area contributed by atoms with Gasteiger partial charge in [-0.15, -0.1) is 0 Å². The Hall–Kier alpha value is -4.03. The highest BCUT2D eigenvalue weighted by Gasteiger charge is 2.12. The fourth-order valence-electron chi connectivity index (χ4n) is 4.94. The molecule has 0 bridgehead atoms. The first kappa shape index (κ1) is 25.6. The number of amides is 1. The molecule has 4 aromatic rings. The average molecular weight is 506 g/mol. The number of pyridine rings is 2. The molecule has 3 heterocycles. The third kappa shape index (κ3) is 6.09. The molecule has 1 aliphatic rings. The molecule has 38 heavy (non-hydrogen) atoms. The van der Waals surface area contributed by atoms with Crippen LogP contribution in [0.4, 0.5) is 11.4 Å². The number of nitrogens with zero attached hydrogens (tertiary/aromatic N) is 4. The van der Waals surface area contributed by atoms with Crippen LogP contribution in [0, 0.1) is 0 Å². The number of hydrogen-bond acceptors (Lipinski definition) is 5. The summed E-state index contributed by atoms with van der Waals surface area (Å²) in [5.41, 5.74) is 7.11. The van der Waals surface area contributed by atoms with Gasteiger partial charge >= 0.3 is 0 Å². The molecule has 0 saturated carbocycles. The molecule has 6 nitrogen and oxygen atoms in total. The van der Waals surface area contributed by atoms with Gasteiger partial charge in [0, 0.05) is 54.7 Å². The summed E-state index contributed by atoms with van der Waals surface area (Å²) >= 11 is 0. The number of carbonyl (C=O) groups excluding carboxylic acids is 1. The zero-order valence-corrected chi connectivity index (χ0v) is 22.2. The average Bonchev–Trinajstić information content (AvgIpc) is 3.47. The Morgan fingerprint density at radius 3 is 2.45 bits per heavy atom. The maximum absolute atomic E-state index is 12.3. The fraction of sp³-hybridized carbons (Fsp3) is 0.281. The number of nitrogens with one attached hydrogen (secondary N) is 1. The first-order valence-electron chi connectivity index (χ1n) is 13.5. The van der Waals surface area contributed by atoms with Crippen molar-refractivity contribution < 1.29 is 4.79 Å². The summed E-state index contributed by atoms with van der Waals surface area (Å²) in [6.45, 7) is 8.81. The Kier molecular flexibility index (Phi) is 8.09. The molecule has 1 fully saturated rings. The van der Waals surface area contributed by atoms with Crippen LogP contribution in [0.25, 0.3) is 28.2 Å². The minimum atomic E-state index is 0.0312. The molecule has 1 saturated heterocycles. The summed E-state index contributed by atoms with van der Waals surface area (Å²) in [6, 6.07) is 20.9. The second-order valence-electron chi connectivity index (χ2n) is 9.72. The van der Waals surface area contributed by atoms with Crippen LogP contribution in [-0.4, -0.2) is 51.9 Å². The van der Waals surface area contributed by atoms with Gasteiger partial charge in [-0.1, -0.05) is 36.4 Å². The molecular formula is C32H35N5O. The van der Waals surface area contributed by atoms with Gasteiger partial charge in [0.25, 0.3) is 0 Å². The fourth-order valence-corrected chi connectivity index (χ4v) is 4.94. The van der Waals surface area contributed by atoms with Crippen LogP contribution in [0.5, 0.6) is 0 Å². The van der Waals surface area contributed by atoms with Crippen LogP contribution in [0.15, 0.2) is 79.1 Å². The zero-order chi connectivity index (χ0) is 26.3. The highest BCUT2D eigenvalue weighted by atomic mass is 16.2. The maximum atomic E-state index is 12.3. The van der Waals surface area contributed by atoms with Gasteiger partial charge in [-0.2, -0.15) is 0 Å². The van der Waals surface area contributed by atoms with Crippen molar-refractivity contribution >= 4 is 34.3 Å². The SMILES string of the molecule is CCN(CC)C(=O)C=Cc1ccc(-c2cc(Nc3ccc(CN4CCCC4)cc3)c3cnccc3n2)cc1. The number of carbonyl (C=O) groups is 1. The first-order valence-corrected chi connectivity index (χ1v) is 13.5. The van der Waals surface area contributed by atoms with E-state index in [0.717, 1.165) is 45.6 Å². The lowest BCUT2D eigenvalue weighted by Gasteiger charge is -2.16. The van der Waals surface area contributed by atoms with E-state index in [1.807, 2.05) is 56.5 Å². The molecule has 6 heteroatoms. The highest BCUT2D eigenvalue weighted by molar-refractivity contribution is 5.95. The molecule has 0 aliphatic carbocycles. The van der Waals surface area contributed by atoms with E-state index in [2.05, 4.69) is 45.5 Å². The van der Waals surface area contributed by atoms with E-state index in [-0.39, 0.29) is 5.91 Å². The van der Waals surface area contributed by atoms with Gasteiger partial charge in [-0.3, -0.25) is 14.7 Å². The van der Waals surface area contributed by atoms with Gasteiger partial charge in [-0.25, -0.2) is 4.98 Å². The van der Waals surface area contributed by atoms with Gasteiger partial charge in [0.1, 0.15) is 0 Å². The van der Waals surface area contributed by atoms with Gasteiger partial charge in [0.2, 0.25) is 5.91 Å². The minimum absolute atomic E-state index is 0.0312. The lowest BCUT2D eigenvalue weighted by atomic mass is 10.1. The third-order valence-electron chi connectivity index (χ3n) is 7.15. The summed E-state index contributed by atoms with van der Waals surface area (Å²) in [6.07, 6.45) is 9.75. The highest BCUT2D eigenvalue weighted by Crippen LogP contribution is 2.30. The summed E-state index contributed by atoms with van der Waals surface area (Å²) in [7, 11) is 0. The summed E-state index contributed by atoms with van der Waals surface area (Å²) in [4.78, 5) is 25.8. The number of aromatic nitrogens is 2. The van der Waals surface area contributed by atoms with Crippen molar-refractivity contribution in [2.75, 3.05) is 31.5 Å². The molecule has 2 aromatic heterocycles. The van der Waals surface area contributed by atoms with Crippen LogP contribution in [-0.2, 0) is 11.3 Å². The van der Waals surface area contributed by atoms with Crippen LogP contribution >= 0.6 is 0 Å². The zero-order valence-electron chi connectivity index (χ0n) is 22.2. The molecule has 1 amide bonds. The number of rotatable bonds is 9. The molecule has 0 atom stereocenters. The smallest absolute Gasteiger partial charge is 0.246 e. The van der Waals surface area contributed by atoms with E-state index in [1.54, 1.807) is 17.2 Å². The van der Waals surface area contributed by atoms with Crippen molar-refractivity contribution in [3.8, 4) is 11.3 Å². The summed E-state index contributed by atoms with van der Waals surface area (Å²) < 4.78 is 0. The summed E-state index contributed by atoms with van der Waals surface area (Å²) in [5.74, 6) is 0.0312. The van der Waals surface area contributed by atoms with E-state index >= 15 is 0 Å². The van der Waals surface area contributed by atoms with Crippen molar-refractivity contribution in [1.82, 2.24) is 19.8 Å². The van der Waals surface area contributed by atoms with Crippen molar-refractivity contribution in [2.45, 2.75) is 33.2 Å². The lowest BCUT2D eigenvalue weighted by molar-refractivity contribution is -0.125. The Morgan fingerprint density at radius 1 is 1.00 bits per heavy atom. The second kappa shape index (κ2) is 12.0. The monoisotopic (exact) mass is 505 g/mol. The Labute approximate surface area is 225 Å². The van der Waals surface area contributed by atoms with Gasteiger partial charge in [0.05, 0.1) is 16.9 Å². The van der Waals surface area contributed by atoms with Crippen molar-refractivity contribution in [3.05, 3.63) is 90.3 Å². The molecular weight excluding hydrogens is 470 g/mol. The number of benzene rings is 2. The predicted octanol–water partition coefficient (Wildman–Crippen LogP) is 6.52. The minimum Gasteiger partial charge on any atom is -0.355 e. The molecule has 0 radical (unpaired) electrons. The number of fused-ring (bicyclic) bond motifs is 1. The molecule has 0 spiro atoms. The van der Waals surface area contributed by atoms with Gasteiger partial charge < -0.3 is 10.2 Å². The third-order valence-corrected chi connectivity index (χ3v) is 7.15. The van der Waals surface area contributed by atoms with Gasteiger partial charge in [0.15, 0.2) is 0 Å². The largest absolute Gasteiger partial charge is 0.355 e. The molecule has 1 N–H and O–H groups in total. The second-order valence-corrected chi connectivity index (χ2v) is 9.72. The van der Waals surface area contributed by atoms with Crippen molar-refractivity contribution in [3.63, 3.8) is 0 Å². The Morgan fingerprint density at radius 2 is 1.74 bits per heavy atom. The molecule has 0 unspecified atom stereocenters. The first-order chi connectivity index (χ1) is 18.6. The normalized spacial score (nSPS) is 13.8. The van der Waals surface area contributed by atoms with Gasteiger partial charge in [-0.05, 0) is 81.2 Å². The molecule has 1 aliphatic heterocycles. The predicted molar refractivity (Wildman–Crippen MR) is 156 cm³/mol. The van der Waals surface area contributed by atoms with Crippen LogP contribution in [0.2, 0.25) is 0 Å². The lowest BCUT2D eigenvalue weighted by Crippen LogP contribution is -2.28. The number of anilines is 2. The number of likely N-dealkylation sites (N-methyl/N-ethyl adjacent to an activating group) is 1. The van der Waals surface area contributed by atoms with E-state index in [4.69, 9.17) is 4.98 Å². The van der Waals surface area contributed by atoms with Crippen molar-refractivity contribution in [1.29, 1.82) is 0 Å². The standard InChI is InChI=1S/C32H35N5O/c1-3-37(4-2)32(38)16-11-24-7-12-26(13-8-24)30-21-31(28-22-33-18-17-29(28)35-30)34-27-14-9-25(10-15-27)23-36-19-5-6-20-36/h7-18,21-22H,3-6,19-20,23H2,1-2H3,(H,34,35). The van der Waals surface area contributed by atoms with Crippen LogP contribution in [0.1, 0.15) is 37.8 Å². The summed E-state index contributed by atoms with van der Waals surface area (Å²) in [5, 5.41) is 4.58. The van der Waals surface area contributed by atoms with E-state index in [0.29, 0.717) is 13.1 Å². The van der Waals surface area contributed by atoms with E-state index in [1.165, 1.54) is 31.5 Å². The van der Waals surface area contributed by atoms with Crippen molar-refractivity contribution in [2.24, 2.45) is 0 Å². The Bertz CT molecular complexity index is 1400. The number of hydrogen-bond donors (Lipinski definition) is 1. The quantitative estimate of drug-likeness (QED) is 0.263. The molecule has 194 valence electrons. The Balaban J connectivity index is 1.36. The van der Waals surface area contributed by atoms with Crippen LogP contribution < -0.4 is 5.32 Å². The van der Waals surface area contributed by atoms with E-state index < -0.39 is 0 Å². The molecule has 2 aromatic carbocycles.